The Morgan fingerprint density at radius 1 is 0.828 bits per heavy atom. The lowest BCUT2D eigenvalue weighted by molar-refractivity contribution is -1.02. The number of non-ortho nitro benzene ring substituents is 1. The Labute approximate surface area is 170 Å². The number of piperazine rings is 1. The van der Waals surface area contributed by atoms with E-state index >= 15 is 0 Å². The molecule has 0 amide bonds. The van der Waals surface area contributed by atoms with Crippen LogP contribution in [0.5, 0.6) is 17.2 Å². The zero-order valence-electron chi connectivity index (χ0n) is 17.2. The molecular weight excluding hydrogens is 374 g/mol. The third-order valence-electron chi connectivity index (χ3n) is 5.49. The van der Waals surface area contributed by atoms with Crippen molar-refractivity contribution in [3.63, 3.8) is 0 Å². The van der Waals surface area contributed by atoms with E-state index < -0.39 is 0 Å². The Morgan fingerprint density at radius 3 is 1.86 bits per heavy atom. The summed E-state index contributed by atoms with van der Waals surface area (Å²) in [4.78, 5) is 13.4. The van der Waals surface area contributed by atoms with Gasteiger partial charge in [0.25, 0.3) is 5.69 Å². The van der Waals surface area contributed by atoms with Crippen molar-refractivity contribution in [1.29, 1.82) is 0 Å². The summed E-state index contributed by atoms with van der Waals surface area (Å²) in [5.41, 5.74) is 2.39. The summed E-state index contributed by atoms with van der Waals surface area (Å²) in [6, 6.07) is 10.8. The number of benzene rings is 2. The van der Waals surface area contributed by atoms with Gasteiger partial charge in [-0.3, -0.25) is 10.1 Å². The van der Waals surface area contributed by atoms with Crippen molar-refractivity contribution in [2.75, 3.05) is 47.5 Å². The highest BCUT2D eigenvalue weighted by Crippen LogP contribution is 2.34. The molecule has 1 aliphatic heterocycles. The fourth-order valence-corrected chi connectivity index (χ4v) is 3.83. The molecule has 0 aliphatic carbocycles. The first-order chi connectivity index (χ1) is 14.0. The van der Waals surface area contributed by atoms with Crippen LogP contribution in [0.1, 0.15) is 11.1 Å². The van der Waals surface area contributed by atoms with Crippen molar-refractivity contribution in [1.82, 2.24) is 0 Å². The molecule has 29 heavy (non-hydrogen) atoms. The molecule has 2 aromatic rings. The Kier molecular flexibility index (Phi) is 6.90. The average molecular weight is 403 g/mol. The lowest BCUT2D eigenvalue weighted by atomic mass is 10.1. The molecule has 0 saturated carbocycles. The van der Waals surface area contributed by atoms with Crippen LogP contribution in [0, 0.1) is 10.1 Å². The van der Waals surface area contributed by atoms with Crippen LogP contribution in [0.2, 0.25) is 0 Å². The number of nitro benzene ring substituents is 1. The van der Waals surface area contributed by atoms with Gasteiger partial charge in [-0.05, 0) is 18.2 Å². The molecule has 1 fully saturated rings. The molecule has 1 heterocycles. The fraction of sp³-hybridized carbons (Fsp3) is 0.429. The van der Waals surface area contributed by atoms with Gasteiger partial charge >= 0.3 is 0 Å². The molecule has 0 unspecified atom stereocenters. The molecule has 1 aliphatic rings. The van der Waals surface area contributed by atoms with Gasteiger partial charge in [0.05, 0.1) is 31.8 Å². The summed E-state index contributed by atoms with van der Waals surface area (Å²) in [7, 11) is 4.93. The maximum Gasteiger partial charge on any atom is 0.269 e. The largest absolute Gasteiger partial charge is 0.496 e. The number of nitro groups is 1. The second kappa shape index (κ2) is 9.58. The van der Waals surface area contributed by atoms with Crippen molar-refractivity contribution < 1.29 is 28.9 Å². The van der Waals surface area contributed by atoms with Crippen LogP contribution >= 0.6 is 0 Å². The highest BCUT2D eigenvalue weighted by atomic mass is 16.6. The Balaban J connectivity index is 1.57. The van der Waals surface area contributed by atoms with E-state index in [1.807, 2.05) is 24.3 Å². The number of hydrogen-bond donors (Lipinski definition) is 2. The summed E-state index contributed by atoms with van der Waals surface area (Å²) in [5, 5.41) is 10.8. The van der Waals surface area contributed by atoms with E-state index in [0.29, 0.717) is 11.5 Å². The normalized spacial score (nSPS) is 18.9. The summed E-state index contributed by atoms with van der Waals surface area (Å²) >= 11 is 0. The molecule has 1 saturated heterocycles. The molecule has 156 valence electrons. The number of hydrogen-bond acceptors (Lipinski definition) is 5. The lowest BCUT2D eigenvalue weighted by Crippen LogP contribution is -3.27. The zero-order chi connectivity index (χ0) is 20.8. The van der Waals surface area contributed by atoms with Crippen LogP contribution < -0.4 is 24.0 Å². The van der Waals surface area contributed by atoms with Crippen LogP contribution in [0.25, 0.3) is 0 Å². The molecule has 8 nitrogen and oxygen atoms in total. The van der Waals surface area contributed by atoms with Crippen LogP contribution in [-0.4, -0.2) is 52.4 Å². The number of nitrogens with zero attached hydrogens (tertiary/aromatic N) is 1. The predicted octanol–water partition coefficient (Wildman–Crippen LogP) is 0.104. The van der Waals surface area contributed by atoms with Gasteiger partial charge in [-0.2, -0.15) is 0 Å². The maximum absolute atomic E-state index is 10.8. The minimum absolute atomic E-state index is 0.141. The van der Waals surface area contributed by atoms with Crippen molar-refractivity contribution >= 4 is 5.69 Å². The lowest BCUT2D eigenvalue weighted by Gasteiger charge is -2.30. The SMILES string of the molecule is COc1cc(OC)c(OC)cc1C[NH+]1CC[NH+](Cc2ccc([N+](=O)[O-])cc2)CC1. The second-order valence-corrected chi connectivity index (χ2v) is 7.30. The van der Waals surface area contributed by atoms with Crippen LogP contribution in [-0.2, 0) is 13.1 Å². The average Bonchev–Trinajstić information content (AvgIpc) is 2.75. The van der Waals surface area contributed by atoms with E-state index in [4.69, 9.17) is 14.2 Å². The molecular formula is C21H29N3O5+2. The predicted molar refractivity (Wildman–Crippen MR) is 108 cm³/mol. The number of quaternary nitrogens is 2. The van der Waals surface area contributed by atoms with Gasteiger partial charge in [-0.25, -0.2) is 0 Å². The van der Waals surface area contributed by atoms with Gasteiger partial charge in [0.2, 0.25) is 0 Å². The monoisotopic (exact) mass is 403 g/mol. The molecule has 0 atom stereocenters. The minimum Gasteiger partial charge on any atom is -0.496 e. The smallest absolute Gasteiger partial charge is 0.269 e. The van der Waals surface area contributed by atoms with E-state index in [9.17, 15) is 10.1 Å². The highest BCUT2D eigenvalue weighted by Gasteiger charge is 2.25. The Morgan fingerprint density at radius 2 is 1.34 bits per heavy atom. The summed E-state index contributed by atoms with van der Waals surface area (Å²) in [5.74, 6) is 2.20. The van der Waals surface area contributed by atoms with E-state index in [2.05, 4.69) is 0 Å². The third-order valence-corrected chi connectivity index (χ3v) is 5.49. The van der Waals surface area contributed by atoms with E-state index in [1.165, 1.54) is 9.80 Å². The molecule has 0 spiro atoms. The number of methoxy groups -OCH3 is 3. The number of nitrogens with one attached hydrogen (secondary N) is 2. The molecule has 3 rings (SSSR count). The summed E-state index contributed by atoms with van der Waals surface area (Å²) in [6.07, 6.45) is 0. The molecule has 0 aromatic heterocycles. The maximum atomic E-state index is 10.8. The van der Waals surface area contributed by atoms with Crippen LogP contribution in [0.4, 0.5) is 5.69 Å². The first-order valence-electron chi connectivity index (χ1n) is 9.73. The number of ether oxygens (including phenoxy) is 3. The van der Waals surface area contributed by atoms with Crippen LogP contribution in [0.3, 0.4) is 0 Å². The summed E-state index contributed by atoms with van der Waals surface area (Å²) < 4.78 is 16.4. The minimum atomic E-state index is -0.360. The van der Waals surface area contributed by atoms with Gasteiger partial charge in [0, 0.05) is 23.8 Å². The first-order valence-corrected chi connectivity index (χ1v) is 9.73. The molecule has 0 bridgehead atoms. The van der Waals surface area contributed by atoms with Crippen LogP contribution in [0.15, 0.2) is 36.4 Å². The van der Waals surface area contributed by atoms with Gasteiger partial charge in [-0.1, -0.05) is 0 Å². The Bertz CT molecular complexity index is 833. The van der Waals surface area contributed by atoms with E-state index in [-0.39, 0.29) is 10.6 Å². The Hall–Kier alpha value is -2.84. The molecule has 0 radical (unpaired) electrons. The molecule has 8 heteroatoms. The second-order valence-electron chi connectivity index (χ2n) is 7.30. The highest BCUT2D eigenvalue weighted by molar-refractivity contribution is 5.50. The quantitative estimate of drug-likeness (QED) is 0.483. The van der Waals surface area contributed by atoms with Crippen molar-refractivity contribution in [2.24, 2.45) is 0 Å². The van der Waals surface area contributed by atoms with Crippen molar-refractivity contribution in [3.05, 3.63) is 57.6 Å². The summed E-state index contributed by atoms with van der Waals surface area (Å²) in [6.45, 7) is 5.99. The topological polar surface area (TPSA) is 79.7 Å². The van der Waals surface area contributed by atoms with E-state index in [0.717, 1.165) is 56.1 Å². The van der Waals surface area contributed by atoms with Gasteiger partial charge < -0.3 is 24.0 Å². The van der Waals surface area contributed by atoms with E-state index in [1.54, 1.807) is 33.5 Å². The standard InChI is InChI=1S/C21H27N3O5/c1-27-19-13-21(29-3)20(28-2)12-17(19)15-23-10-8-22(9-11-23)14-16-4-6-18(7-5-16)24(25)26/h4-7,12-13H,8-11,14-15H2,1-3H3/p+2. The van der Waals surface area contributed by atoms with Crippen molar-refractivity contribution in [3.8, 4) is 17.2 Å². The van der Waals surface area contributed by atoms with Gasteiger partial charge in [0.15, 0.2) is 11.5 Å². The zero-order valence-corrected chi connectivity index (χ0v) is 17.2. The molecule has 2 aromatic carbocycles. The van der Waals surface area contributed by atoms with Gasteiger partial charge in [-0.15, -0.1) is 0 Å². The fourth-order valence-electron chi connectivity index (χ4n) is 3.83. The third kappa shape index (κ3) is 5.16. The van der Waals surface area contributed by atoms with Crippen molar-refractivity contribution in [2.45, 2.75) is 13.1 Å². The van der Waals surface area contributed by atoms with Gasteiger partial charge in [0.1, 0.15) is 45.0 Å². The molecule has 2 N–H and O–H groups in total. The number of rotatable bonds is 8. The first kappa shape index (κ1) is 20.9.